The van der Waals surface area contributed by atoms with Gasteiger partial charge < -0.3 is 14.5 Å². The maximum Gasteiger partial charge on any atom is 0.223 e. The molecule has 0 aliphatic rings. The topological polar surface area (TPSA) is 68.4 Å². The van der Waals surface area contributed by atoms with Gasteiger partial charge in [-0.15, -0.1) is 0 Å². The van der Waals surface area contributed by atoms with Gasteiger partial charge in [-0.05, 0) is 37.8 Å². The van der Waals surface area contributed by atoms with Crippen LogP contribution in [0.3, 0.4) is 0 Å². The molecule has 0 aliphatic heterocycles. The van der Waals surface area contributed by atoms with Gasteiger partial charge in [-0.1, -0.05) is 25.1 Å². The molecule has 6 heteroatoms. The molecule has 1 heterocycles. The van der Waals surface area contributed by atoms with E-state index >= 15 is 0 Å². The summed E-state index contributed by atoms with van der Waals surface area (Å²) in [6.45, 7) is 5.13. The molecule has 1 atom stereocenters. The van der Waals surface area contributed by atoms with Crippen LogP contribution in [0.15, 0.2) is 41.3 Å². The number of para-hydroxylation sites is 1. The van der Waals surface area contributed by atoms with Crippen LogP contribution >= 0.6 is 0 Å². The first-order valence-corrected chi connectivity index (χ1v) is 10.5. The summed E-state index contributed by atoms with van der Waals surface area (Å²) >= 11 is 0. The first kappa shape index (κ1) is 20.2. The predicted molar refractivity (Wildman–Crippen MR) is 105 cm³/mol. The van der Waals surface area contributed by atoms with Crippen molar-refractivity contribution in [1.82, 2.24) is 4.98 Å². The summed E-state index contributed by atoms with van der Waals surface area (Å²) in [5.41, 5.74) is 1.62. The number of H-pyrrole nitrogens is 1. The van der Waals surface area contributed by atoms with Crippen molar-refractivity contribution in [3.8, 4) is 11.5 Å². The number of rotatable bonds is 11. The second kappa shape index (κ2) is 10.8. The van der Waals surface area contributed by atoms with Crippen LogP contribution in [-0.2, 0) is 16.6 Å². The second-order valence-corrected chi connectivity index (χ2v) is 7.72. The number of aromatic amines is 1. The third-order valence-electron chi connectivity index (χ3n) is 3.83. The lowest BCUT2D eigenvalue weighted by Crippen LogP contribution is -2.12. The van der Waals surface area contributed by atoms with E-state index in [-0.39, 0.29) is 5.43 Å². The molecule has 2 aromatic rings. The molecule has 0 saturated carbocycles. The van der Waals surface area contributed by atoms with E-state index in [9.17, 15) is 9.00 Å². The van der Waals surface area contributed by atoms with Gasteiger partial charge in [-0.3, -0.25) is 9.00 Å². The fourth-order valence-corrected chi connectivity index (χ4v) is 3.60. The first-order valence-electron chi connectivity index (χ1n) is 8.98. The quantitative estimate of drug-likeness (QED) is 0.608. The zero-order valence-corrected chi connectivity index (χ0v) is 16.3. The fourth-order valence-electron chi connectivity index (χ4n) is 2.42. The monoisotopic (exact) mass is 377 g/mol. The molecule has 1 aromatic heterocycles. The Morgan fingerprint density at radius 2 is 1.85 bits per heavy atom. The number of aromatic nitrogens is 1. The van der Waals surface area contributed by atoms with E-state index in [1.54, 1.807) is 6.20 Å². The molecule has 142 valence electrons. The van der Waals surface area contributed by atoms with E-state index < -0.39 is 10.8 Å². The van der Waals surface area contributed by atoms with Gasteiger partial charge in [0.1, 0.15) is 5.75 Å². The standard InChI is InChI=1S/C20H27NO4S/c1-3-10-24-20-14-21-17(13-18(20)22)15-26(23)12-7-6-11-25-19-9-5-4-8-16(19)2/h4-5,8-9,13-14H,3,6-7,10-12,15H2,1-2H3,(H,21,22). The Hall–Kier alpha value is -2.08. The second-order valence-electron chi connectivity index (χ2n) is 6.14. The average Bonchev–Trinajstić information content (AvgIpc) is 2.62. The van der Waals surface area contributed by atoms with E-state index in [2.05, 4.69) is 4.98 Å². The number of aryl methyl sites for hydroxylation is 1. The van der Waals surface area contributed by atoms with Crippen molar-refractivity contribution in [2.75, 3.05) is 19.0 Å². The molecule has 0 bridgehead atoms. The molecule has 0 radical (unpaired) electrons. The molecule has 5 nitrogen and oxygen atoms in total. The maximum absolute atomic E-state index is 12.2. The van der Waals surface area contributed by atoms with Gasteiger partial charge in [0.05, 0.1) is 19.0 Å². The van der Waals surface area contributed by atoms with E-state index in [0.717, 1.165) is 30.6 Å². The molecular weight excluding hydrogens is 350 g/mol. The maximum atomic E-state index is 12.2. The van der Waals surface area contributed by atoms with Crippen LogP contribution in [0.5, 0.6) is 11.5 Å². The van der Waals surface area contributed by atoms with E-state index in [1.165, 1.54) is 6.07 Å². The highest BCUT2D eigenvalue weighted by atomic mass is 32.2. The Balaban J connectivity index is 1.69. The number of unbranched alkanes of at least 4 members (excludes halogenated alkanes) is 1. The minimum atomic E-state index is -1.01. The lowest BCUT2D eigenvalue weighted by Gasteiger charge is -2.09. The van der Waals surface area contributed by atoms with Gasteiger partial charge >= 0.3 is 0 Å². The van der Waals surface area contributed by atoms with E-state index in [4.69, 9.17) is 9.47 Å². The minimum absolute atomic E-state index is 0.171. The summed E-state index contributed by atoms with van der Waals surface area (Å²) in [4.78, 5) is 14.9. The minimum Gasteiger partial charge on any atom is -0.493 e. The highest BCUT2D eigenvalue weighted by Crippen LogP contribution is 2.16. The van der Waals surface area contributed by atoms with Gasteiger partial charge in [0.2, 0.25) is 5.43 Å². The van der Waals surface area contributed by atoms with E-state index in [0.29, 0.717) is 36.2 Å². The van der Waals surface area contributed by atoms with Crippen molar-refractivity contribution in [3.05, 3.63) is 58.0 Å². The third kappa shape index (κ3) is 6.67. The molecule has 0 saturated heterocycles. The van der Waals surface area contributed by atoms with Crippen molar-refractivity contribution in [1.29, 1.82) is 0 Å². The summed E-state index contributed by atoms with van der Waals surface area (Å²) in [6.07, 6.45) is 4.07. The SMILES string of the molecule is CCCOc1c[nH]c(CS(=O)CCCCOc2ccccc2C)cc1=O. The van der Waals surface area contributed by atoms with Crippen LogP contribution in [0.2, 0.25) is 0 Å². The first-order chi connectivity index (χ1) is 12.6. The van der Waals surface area contributed by atoms with Crippen molar-refractivity contribution < 1.29 is 13.7 Å². The van der Waals surface area contributed by atoms with Gasteiger partial charge in [0.25, 0.3) is 0 Å². The molecule has 2 rings (SSSR count). The number of benzene rings is 1. The van der Waals surface area contributed by atoms with Crippen LogP contribution in [0.1, 0.15) is 37.4 Å². The van der Waals surface area contributed by atoms with Gasteiger partial charge in [0, 0.05) is 34.5 Å². The Kier molecular flexibility index (Phi) is 8.41. The Morgan fingerprint density at radius 3 is 2.58 bits per heavy atom. The van der Waals surface area contributed by atoms with Gasteiger partial charge in [0.15, 0.2) is 5.75 Å². The predicted octanol–water partition coefficient (Wildman–Crippen LogP) is 3.58. The molecule has 0 aliphatic carbocycles. The van der Waals surface area contributed by atoms with Crippen LogP contribution in [0.4, 0.5) is 0 Å². The van der Waals surface area contributed by atoms with Crippen LogP contribution in [0.25, 0.3) is 0 Å². The largest absolute Gasteiger partial charge is 0.493 e. The van der Waals surface area contributed by atoms with Crippen molar-refractivity contribution in [2.45, 2.75) is 38.9 Å². The third-order valence-corrected chi connectivity index (χ3v) is 5.21. The normalized spacial score (nSPS) is 11.9. The fraction of sp³-hybridized carbons (Fsp3) is 0.450. The summed E-state index contributed by atoms with van der Waals surface area (Å²) < 4.78 is 23.3. The summed E-state index contributed by atoms with van der Waals surface area (Å²) in [5, 5.41) is 0. The van der Waals surface area contributed by atoms with Crippen LogP contribution in [-0.4, -0.2) is 28.2 Å². The number of nitrogens with one attached hydrogen (secondary N) is 1. The Morgan fingerprint density at radius 1 is 1.08 bits per heavy atom. The number of pyridine rings is 1. The lowest BCUT2D eigenvalue weighted by atomic mass is 10.2. The lowest BCUT2D eigenvalue weighted by molar-refractivity contribution is 0.307. The molecule has 1 aromatic carbocycles. The highest BCUT2D eigenvalue weighted by Gasteiger charge is 2.06. The summed E-state index contributed by atoms with van der Waals surface area (Å²) in [5.74, 6) is 2.15. The zero-order chi connectivity index (χ0) is 18.8. The van der Waals surface area contributed by atoms with Gasteiger partial charge in [-0.2, -0.15) is 0 Å². The smallest absolute Gasteiger partial charge is 0.223 e. The molecule has 0 fully saturated rings. The van der Waals surface area contributed by atoms with E-state index in [1.807, 2.05) is 38.1 Å². The summed E-state index contributed by atoms with van der Waals surface area (Å²) in [6, 6.07) is 9.39. The van der Waals surface area contributed by atoms with Crippen LogP contribution in [0, 0.1) is 6.92 Å². The molecule has 0 amide bonds. The zero-order valence-electron chi connectivity index (χ0n) is 15.5. The molecule has 1 unspecified atom stereocenters. The van der Waals surface area contributed by atoms with Crippen molar-refractivity contribution >= 4 is 10.8 Å². The molecule has 0 spiro atoms. The Bertz CT molecular complexity index is 772. The van der Waals surface area contributed by atoms with Crippen molar-refractivity contribution in [2.24, 2.45) is 0 Å². The molecule has 26 heavy (non-hydrogen) atoms. The Labute approximate surface area is 157 Å². The molecule has 1 N–H and O–H groups in total. The summed E-state index contributed by atoms with van der Waals surface area (Å²) in [7, 11) is -1.01. The highest BCUT2D eigenvalue weighted by molar-refractivity contribution is 7.84. The van der Waals surface area contributed by atoms with Gasteiger partial charge in [-0.25, -0.2) is 0 Å². The van der Waals surface area contributed by atoms with Crippen molar-refractivity contribution in [3.63, 3.8) is 0 Å². The molecular formula is C20H27NO4S. The number of ether oxygens (including phenoxy) is 2. The number of hydrogen-bond donors (Lipinski definition) is 1. The average molecular weight is 378 g/mol. The van der Waals surface area contributed by atoms with Crippen LogP contribution < -0.4 is 14.9 Å². The number of hydrogen-bond acceptors (Lipinski definition) is 4.